The Hall–Kier alpha value is -3.77. The molecule has 4 atom stereocenters. The lowest BCUT2D eigenvalue weighted by molar-refractivity contribution is -0.0506. The number of nitrogens with zero attached hydrogens (tertiary/aromatic N) is 5. The second-order valence-electron chi connectivity index (χ2n) is 8.84. The Kier molecular flexibility index (Phi) is 6.89. The van der Waals surface area contributed by atoms with Crippen LogP contribution in [0.4, 0.5) is 11.6 Å². The zero-order valence-corrected chi connectivity index (χ0v) is 19.8. The average molecular weight is 460 g/mol. The van der Waals surface area contributed by atoms with E-state index in [0.29, 0.717) is 17.6 Å². The Labute approximate surface area is 199 Å². The van der Waals surface area contributed by atoms with Crippen LogP contribution in [-0.4, -0.2) is 43.9 Å². The molecule has 1 aromatic carbocycles. The van der Waals surface area contributed by atoms with Gasteiger partial charge in [0.15, 0.2) is 0 Å². The lowest BCUT2D eigenvalue weighted by Crippen LogP contribution is -2.31. The number of amides is 1. The zero-order valence-electron chi connectivity index (χ0n) is 19.8. The molecule has 3 heterocycles. The van der Waals surface area contributed by atoms with Crippen LogP contribution in [0.3, 0.4) is 0 Å². The zero-order chi connectivity index (χ0) is 24.2. The first-order chi connectivity index (χ1) is 16.3. The minimum atomic E-state index is -0.549. The molecular weight excluding hydrogens is 430 g/mol. The number of aryl methyl sites for hydroxylation is 1. The van der Waals surface area contributed by atoms with Gasteiger partial charge in [-0.2, -0.15) is 10.4 Å². The Morgan fingerprint density at radius 1 is 1.21 bits per heavy atom. The summed E-state index contributed by atoms with van der Waals surface area (Å²) in [6, 6.07) is 8.88. The van der Waals surface area contributed by atoms with Crippen LogP contribution in [-0.2, 0) is 4.74 Å². The maximum absolute atomic E-state index is 12.2. The lowest BCUT2D eigenvalue weighted by atomic mass is 10.0. The van der Waals surface area contributed by atoms with Crippen molar-refractivity contribution in [1.82, 2.24) is 25.1 Å². The first-order valence-corrected chi connectivity index (χ1v) is 11.4. The van der Waals surface area contributed by atoms with Gasteiger partial charge in [0.2, 0.25) is 5.95 Å². The van der Waals surface area contributed by atoms with Gasteiger partial charge in [-0.3, -0.25) is 9.48 Å². The third-order valence-electron chi connectivity index (χ3n) is 5.84. The molecule has 9 heteroatoms. The smallest absolute Gasteiger partial charge is 0.252 e. The van der Waals surface area contributed by atoms with Gasteiger partial charge in [0.05, 0.1) is 41.9 Å². The van der Waals surface area contributed by atoms with Gasteiger partial charge in [0, 0.05) is 23.5 Å². The predicted octanol–water partition coefficient (Wildman–Crippen LogP) is 4.16. The van der Waals surface area contributed by atoms with Gasteiger partial charge in [-0.25, -0.2) is 9.97 Å². The maximum Gasteiger partial charge on any atom is 0.252 e. The minimum Gasteiger partial charge on any atom is -0.375 e. The molecule has 1 saturated heterocycles. The van der Waals surface area contributed by atoms with Crippen molar-refractivity contribution in [3.05, 3.63) is 54.0 Å². The van der Waals surface area contributed by atoms with E-state index in [0.717, 1.165) is 35.3 Å². The van der Waals surface area contributed by atoms with E-state index in [1.807, 2.05) is 36.0 Å². The Balaban J connectivity index is 1.48. The quantitative estimate of drug-likeness (QED) is 0.568. The van der Waals surface area contributed by atoms with Crippen molar-refractivity contribution in [3.8, 4) is 17.3 Å². The Bertz CT molecular complexity index is 1190. The number of ether oxygens (including phenoxy) is 1. The molecular formula is C25H29N7O2. The molecule has 0 spiro atoms. The van der Waals surface area contributed by atoms with E-state index in [1.54, 1.807) is 31.5 Å². The first kappa shape index (κ1) is 23.4. The molecule has 9 nitrogen and oxygen atoms in total. The van der Waals surface area contributed by atoms with Gasteiger partial charge >= 0.3 is 0 Å². The van der Waals surface area contributed by atoms with Gasteiger partial charge in [0.25, 0.3) is 5.91 Å². The molecule has 0 bridgehead atoms. The van der Waals surface area contributed by atoms with Crippen molar-refractivity contribution in [3.63, 3.8) is 0 Å². The number of hydrogen-bond acceptors (Lipinski definition) is 7. The van der Waals surface area contributed by atoms with Crippen LogP contribution in [0.2, 0.25) is 0 Å². The SMILES string of the molecule is Cc1cnc(Nc2cnn(C3C[C@@H](C)O[C@@H](C)C3)c2)nc1-c1ccc(C(=O)N[C@@H](C)C#N)cc1. The maximum atomic E-state index is 12.2. The molecule has 1 unspecified atom stereocenters. The monoisotopic (exact) mass is 459 g/mol. The molecule has 0 saturated carbocycles. The molecule has 1 aliphatic heterocycles. The van der Waals surface area contributed by atoms with E-state index in [2.05, 4.69) is 34.6 Å². The molecule has 2 aromatic heterocycles. The fourth-order valence-electron chi connectivity index (χ4n) is 4.20. The molecule has 1 aliphatic rings. The summed E-state index contributed by atoms with van der Waals surface area (Å²) in [4.78, 5) is 21.3. The Morgan fingerprint density at radius 2 is 1.91 bits per heavy atom. The molecule has 3 aromatic rings. The summed E-state index contributed by atoms with van der Waals surface area (Å²) in [7, 11) is 0. The standard InChI is InChI=1S/C25H29N7O2/c1-15-12-27-25(30-21-13-28-32(14-21)22-9-17(3)34-18(4)10-22)31-23(15)19-5-7-20(8-6-19)24(33)29-16(2)11-26/h5-8,12-14,16-18,22H,9-10H2,1-4H3,(H,29,33)(H,27,30,31)/t16-,17-,18+,22?/m0/s1. The number of anilines is 2. The highest BCUT2D eigenvalue weighted by Gasteiger charge is 2.26. The highest BCUT2D eigenvalue weighted by Crippen LogP contribution is 2.29. The number of benzene rings is 1. The average Bonchev–Trinajstić information content (AvgIpc) is 3.28. The molecule has 0 aliphatic carbocycles. The van der Waals surface area contributed by atoms with Crippen molar-refractivity contribution >= 4 is 17.5 Å². The van der Waals surface area contributed by atoms with Crippen LogP contribution in [0.25, 0.3) is 11.3 Å². The molecule has 34 heavy (non-hydrogen) atoms. The van der Waals surface area contributed by atoms with Crippen LogP contribution >= 0.6 is 0 Å². The van der Waals surface area contributed by atoms with Gasteiger partial charge in [-0.1, -0.05) is 12.1 Å². The first-order valence-electron chi connectivity index (χ1n) is 11.4. The summed E-state index contributed by atoms with van der Waals surface area (Å²) in [5.74, 6) is 0.186. The largest absolute Gasteiger partial charge is 0.375 e. The van der Waals surface area contributed by atoms with E-state index < -0.39 is 6.04 Å². The molecule has 1 fully saturated rings. The topological polar surface area (TPSA) is 118 Å². The number of carbonyl (C=O) groups excluding carboxylic acids is 1. The lowest BCUT2D eigenvalue weighted by Gasteiger charge is -2.32. The number of carbonyl (C=O) groups is 1. The van der Waals surface area contributed by atoms with Crippen molar-refractivity contribution in [2.75, 3.05) is 5.32 Å². The van der Waals surface area contributed by atoms with Crippen LogP contribution in [0, 0.1) is 18.3 Å². The van der Waals surface area contributed by atoms with E-state index in [1.165, 1.54) is 0 Å². The van der Waals surface area contributed by atoms with Crippen LogP contribution in [0.5, 0.6) is 0 Å². The summed E-state index contributed by atoms with van der Waals surface area (Å²) < 4.78 is 7.83. The van der Waals surface area contributed by atoms with E-state index in [9.17, 15) is 4.79 Å². The summed E-state index contributed by atoms with van der Waals surface area (Å²) >= 11 is 0. The van der Waals surface area contributed by atoms with Gasteiger partial charge in [0.1, 0.15) is 6.04 Å². The van der Waals surface area contributed by atoms with Crippen LogP contribution in [0.15, 0.2) is 42.9 Å². The third-order valence-corrected chi connectivity index (χ3v) is 5.84. The number of nitrogens with one attached hydrogen (secondary N) is 2. The van der Waals surface area contributed by atoms with Crippen molar-refractivity contribution in [1.29, 1.82) is 5.26 Å². The molecule has 4 rings (SSSR count). The molecule has 2 N–H and O–H groups in total. The fourth-order valence-corrected chi connectivity index (χ4v) is 4.20. The molecule has 176 valence electrons. The normalized spacial score (nSPS) is 20.9. The van der Waals surface area contributed by atoms with Crippen LogP contribution < -0.4 is 10.6 Å². The third kappa shape index (κ3) is 5.41. The van der Waals surface area contributed by atoms with E-state index in [-0.39, 0.29) is 18.1 Å². The Morgan fingerprint density at radius 3 is 2.59 bits per heavy atom. The number of aromatic nitrogens is 4. The van der Waals surface area contributed by atoms with Crippen LogP contribution in [0.1, 0.15) is 55.6 Å². The number of nitriles is 1. The van der Waals surface area contributed by atoms with E-state index in [4.69, 9.17) is 15.0 Å². The molecule has 0 radical (unpaired) electrons. The summed E-state index contributed by atoms with van der Waals surface area (Å²) in [5.41, 5.74) is 3.87. The highest BCUT2D eigenvalue weighted by molar-refractivity contribution is 5.95. The summed E-state index contributed by atoms with van der Waals surface area (Å²) in [6.45, 7) is 7.77. The summed E-state index contributed by atoms with van der Waals surface area (Å²) in [6.07, 6.45) is 7.82. The van der Waals surface area contributed by atoms with Gasteiger partial charge in [-0.15, -0.1) is 0 Å². The van der Waals surface area contributed by atoms with Crippen molar-refractivity contribution in [2.45, 2.75) is 64.8 Å². The van der Waals surface area contributed by atoms with E-state index >= 15 is 0 Å². The van der Waals surface area contributed by atoms with Crippen molar-refractivity contribution in [2.24, 2.45) is 0 Å². The fraction of sp³-hybridized carbons (Fsp3) is 0.400. The number of rotatable bonds is 6. The molecule has 1 amide bonds. The second kappa shape index (κ2) is 10.0. The highest BCUT2D eigenvalue weighted by atomic mass is 16.5. The summed E-state index contributed by atoms with van der Waals surface area (Å²) in [5, 5.41) is 19.3. The predicted molar refractivity (Wildman–Crippen MR) is 129 cm³/mol. The second-order valence-corrected chi connectivity index (χ2v) is 8.84. The number of hydrogen-bond donors (Lipinski definition) is 2. The van der Waals surface area contributed by atoms with Crippen molar-refractivity contribution < 1.29 is 9.53 Å². The minimum absolute atomic E-state index is 0.213. The van der Waals surface area contributed by atoms with Gasteiger partial charge in [-0.05, 0) is 58.2 Å². The van der Waals surface area contributed by atoms with Gasteiger partial charge < -0.3 is 15.4 Å².